The summed E-state index contributed by atoms with van der Waals surface area (Å²) in [5.74, 6) is 1.03. The Morgan fingerprint density at radius 3 is 2.92 bits per heavy atom. The van der Waals surface area contributed by atoms with E-state index in [4.69, 9.17) is 4.74 Å². The zero-order valence-electron chi connectivity index (χ0n) is 7.70. The van der Waals surface area contributed by atoms with Crippen molar-refractivity contribution < 1.29 is 4.74 Å². The molecule has 2 heterocycles. The smallest absolute Gasteiger partial charge is 0.0969 e. The summed E-state index contributed by atoms with van der Waals surface area (Å²) in [5.41, 5.74) is 0. The number of hydrogen-bond acceptors (Lipinski definition) is 2. The quantitative estimate of drug-likeness (QED) is 0.575. The molecule has 3 rings (SSSR count). The third-order valence-corrected chi connectivity index (χ3v) is 3.49. The third-order valence-electron chi connectivity index (χ3n) is 3.49. The van der Waals surface area contributed by atoms with Crippen LogP contribution in [0.15, 0.2) is 0 Å². The Bertz CT molecular complexity index is 188. The van der Waals surface area contributed by atoms with Gasteiger partial charge in [0.15, 0.2) is 0 Å². The van der Waals surface area contributed by atoms with Gasteiger partial charge in [0.05, 0.1) is 12.2 Å². The first-order valence-corrected chi connectivity index (χ1v) is 5.22. The van der Waals surface area contributed by atoms with Gasteiger partial charge in [0.25, 0.3) is 0 Å². The Kier molecular flexibility index (Phi) is 1.50. The average Bonchev–Trinajstić information content (AvgIpc) is 2.85. The zero-order chi connectivity index (χ0) is 8.13. The van der Waals surface area contributed by atoms with E-state index in [2.05, 4.69) is 11.8 Å². The minimum absolute atomic E-state index is 0.611. The van der Waals surface area contributed by atoms with Crippen LogP contribution in [0.3, 0.4) is 0 Å². The average molecular weight is 167 g/mol. The van der Waals surface area contributed by atoms with Crippen LogP contribution in [0, 0.1) is 5.92 Å². The van der Waals surface area contributed by atoms with E-state index in [1.54, 1.807) is 0 Å². The molecule has 0 aromatic rings. The van der Waals surface area contributed by atoms with E-state index < -0.39 is 0 Å². The number of nitrogens with zero attached hydrogens (tertiary/aromatic N) is 1. The van der Waals surface area contributed by atoms with Gasteiger partial charge in [0, 0.05) is 19.1 Å². The maximum absolute atomic E-state index is 5.54. The number of rotatable bonds is 2. The molecule has 1 aliphatic carbocycles. The molecule has 0 bridgehead atoms. The minimum Gasteiger partial charge on any atom is -0.368 e. The molecule has 12 heavy (non-hydrogen) atoms. The number of fused-ring (bicyclic) bond motifs is 1. The van der Waals surface area contributed by atoms with Crippen molar-refractivity contribution >= 4 is 0 Å². The molecular formula is C10H17NO. The number of piperidine rings is 1. The molecule has 0 spiro atoms. The molecule has 2 heteroatoms. The Hall–Kier alpha value is -0.0800. The number of epoxide rings is 1. The molecule has 0 aromatic carbocycles. The highest BCUT2D eigenvalue weighted by molar-refractivity contribution is 4.97. The normalized spacial score (nSPS) is 47.2. The van der Waals surface area contributed by atoms with Crippen LogP contribution in [0.2, 0.25) is 0 Å². The van der Waals surface area contributed by atoms with Crippen LogP contribution in [0.5, 0.6) is 0 Å². The summed E-state index contributed by atoms with van der Waals surface area (Å²) >= 11 is 0. The van der Waals surface area contributed by atoms with Crippen molar-refractivity contribution in [3.8, 4) is 0 Å². The van der Waals surface area contributed by atoms with Gasteiger partial charge in [-0.05, 0) is 32.1 Å². The molecule has 2 saturated heterocycles. The summed E-state index contributed by atoms with van der Waals surface area (Å²) in [7, 11) is 0. The summed E-state index contributed by atoms with van der Waals surface area (Å²) in [6.07, 6.45) is 5.46. The van der Waals surface area contributed by atoms with Crippen LogP contribution >= 0.6 is 0 Å². The van der Waals surface area contributed by atoms with Crippen LogP contribution < -0.4 is 0 Å². The molecule has 1 saturated carbocycles. The van der Waals surface area contributed by atoms with Gasteiger partial charge >= 0.3 is 0 Å². The molecule has 0 radical (unpaired) electrons. The van der Waals surface area contributed by atoms with Gasteiger partial charge in [0.2, 0.25) is 0 Å². The lowest BCUT2D eigenvalue weighted by molar-refractivity contribution is 0.171. The standard InChI is InChI=1S/C10H17NO/c1-7-4-9-10(12-9)6-11(7)5-8-2-3-8/h7-10H,2-6H2,1H3/t7-,9+,10-/m1/s1. The van der Waals surface area contributed by atoms with E-state index in [1.165, 1.54) is 32.4 Å². The fourth-order valence-corrected chi connectivity index (χ4v) is 2.33. The zero-order valence-corrected chi connectivity index (χ0v) is 7.70. The topological polar surface area (TPSA) is 15.8 Å². The van der Waals surface area contributed by atoms with Crippen molar-refractivity contribution in [1.82, 2.24) is 4.90 Å². The van der Waals surface area contributed by atoms with E-state index >= 15 is 0 Å². The maximum atomic E-state index is 5.54. The summed E-state index contributed by atoms with van der Waals surface area (Å²) < 4.78 is 5.54. The van der Waals surface area contributed by atoms with Gasteiger partial charge in [-0.2, -0.15) is 0 Å². The fourth-order valence-electron chi connectivity index (χ4n) is 2.33. The highest BCUT2D eigenvalue weighted by atomic mass is 16.6. The summed E-state index contributed by atoms with van der Waals surface area (Å²) in [6, 6.07) is 0.773. The lowest BCUT2D eigenvalue weighted by Crippen LogP contribution is -2.42. The molecular weight excluding hydrogens is 150 g/mol. The number of ether oxygens (including phenoxy) is 1. The molecule has 68 valence electrons. The molecule has 0 unspecified atom stereocenters. The van der Waals surface area contributed by atoms with Crippen LogP contribution in [-0.2, 0) is 4.74 Å². The summed E-state index contributed by atoms with van der Waals surface area (Å²) in [4.78, 5) is 2.63. The first-order valence-electron chi connectivity index (χ1n) is 5.22. The van der Waals surface area contributed by atoms with Crippen LogP contribution in [0.25, 0.3) is 0 Å². The van der Waals surface area contributed by atoms with Crippen molar-refractivity contribution in [2.45, 2.75) is 44.4 Å². The van der Waals surface area contributed by atoms with Crippen molar-refractivity contribution in [3.05, 3.63) is 0 Å². The maximum Gasteiger partial charge on any atom is 0.0969 e. The first kappa shape index (κ1) is 7.34. The SMILES string of the molecule is C[C@@H]1C[C@@H]2O[C@@H]2CN1CC1CC1. The molecule has 2 aliphatic heterocycles. The molecule has 2 nitrogen and oxygen atoms in total. The predicted octanol–water partition coefficient (Wildman–Crippen LogP) is 1.26. The first-order chi connectivity index (χ1) is 5.83. The van der Waals surface area contributed by atoms with Crippen molar-refractivity contribution in [3.63, 3.8) is 0 Å². The van der Waals surface area contributed by atoms with Gasteiger partial charge in [0.1, 0.15) is 0 Å². The second kappa shape index (κ2) is 2.46. The lowest BCUT2D eigenvalue weighted by Gasteiger charge is -2.30. The lowest BCUT2D eigenvalue weighted by atomic mass is 10.0. The Labute approximate surface area is 73.9 Å². The van der Waals surface area contributed by atoms with Gasteiger partial charge in [-0.15, -0.1) is 0 Å². The van der Waals surface area contributed by atoms with E-state index in [0.717, 1.165) is 12.0 Å². The van der Waals surface area contributed by atoms with Gasteiger partial charge in [-0.3, -0.25) is 4.90 Å². The Morgan fingerprint density at radius 1 is 1.33 bits per heavy atom. The molecule has 3 aliphatic rings. The third kappa shape index (κ3) is 1.27. The van der Waals surface area contributed by atoms with E-state index in [9.17, 15) is 0 Å². The van der Waals surface area contributed by atoms with E-state index in [1.807, 2.05) is 0 Å². The van der Waals surface area contributed by atoms with Crippen molar-refractivity contribution in [1.29, 1.82) is 0 Å². The second-order valence-corrected chi connectivity index (χ2v) is 4.69. The van der Waals surface area contributed by atoms with Gasteiger partial charge in [-0.1, -0.05) is 0 Å². The molecule has 0 aromatic heterocycles. The second-order valence-electron chi connectivity index (χ2n) is 4.69. The summed E-state index contributed by atoms with van der Waals surface area (Å²) in [6.45, 7) is 4.90. The molecule has 3 fully saturated rings. The number of likely N-dealkylation sites (tertiary alicyclic amines) is 1. The Morgan fingerprint density at radius 2 is 2.17 bits per heavy atom. The highest BCUT2D eigenvalue weighted by Gasteiger charge is 2.46. The largest absolute Gasteiger partial charge is 0.368 e. The van der Waals surface area contributed by atoms with Crippen LogP contribution in [0.1, 0.15) is 26.2 Å². The summed E-state index contributed by atoms with van der Waals surface area (Å²) in [5, 5.41) is 0. The van der Waals surface area contributed by atoms with E-state index in [-0.39, 0.29) is 0 Å². The number of hydrogen-bond donors (Lipinski definition) is 0. The highest BCUT2D eigenvalue weighted by Crippen LogP contribution is 2.37. The van der Waals surface area contributed by atoms with Crippen LogP contribution in [-0.4, -0.2) is 36.2 Å². The molecule has 3 atom stereocenters. The monoisotopic (exact) mass is 167 g/mol. The fraction of sp³-hybridized carbons (Fsp3) is 1.00. The van der Waals surface area contributed by atoms with Crippen LogP contribution in [0.4, 0.5) is 0 Å². The van der Waals surface area contributed by atoms with Crippen molar-refractivity contribution in [2.24, 2.45) is 5.92 Å². The molecule has 0 N–H and O–H groups in total. The van der Waals surface area contributed by atoms with Crippen molar-refractivity contribution in [2.75, 3.05) is 13.1 Å². The molecule has 0 amide bonds. The predicted molar refractivity (Wildman–Crippen MR) is 47.0 cm³/mol. The van der Waals surface area contributed by atoms with Gasteiger partial charge < -0.3 is 4.74 Å². The van der Waals surface area contributed by atoms with Gasteiger partial charge in [-0.25, -0.2) is 0 Å². The van der Waals surface area contributed by atoms with E-state index in [0.29, 0.717) is 12.2 Å². The minimum atomic E-state index is 0.611. The Balaban J connectivity index is 1.59.